The fourth-order valence-corrected chi connectivity index (χ4v) is 3.80. The van der Waals surface area contributed by atoms with Crippen LogP contribution in [-0.2, 0) is 11.2 Å². The number of thiazole rings is 1. The molecule has 5 heteroatoms. The van der Waals surface area contributed by atoms with E-state index in [1.54, 1.807) is 11.3 Å². The summed E-state index contributed by atoms with van der Waals surface area (Å²) in [6, 6.07) is 8.59. The van der Waals surface area contributed by atoms with Crippen LogP contribution < -0.4 is 5.32 Å². The number of benzene rings is 1. The monoisotopic (exact) mass is 303 g/mol. The van der Waals surface area contributed by atoms with E-state index < -0.39 is 0 Å². The molecule has 112 valence electrons. The molecule has 0 bridgehead atoms. The third-order valence-corrected chi connectivity index (χ3v) is 5.17. The van der Waals surface area contributed by atoms with Crippen LogP contribution in [0.2, 0.25) is 0 Å². The van der Waals surface area contributed by atoms with Crippen molar-refractivity contribution in [1.29, 1.82) is 0 Å². The van der Waals surface area contributed by atoms with Gasteiger partial charge in [0.15, 0.2) is 0 Å². The van der Waals surface area contributed by atoms with Gasteiger partial charge in [0.05, 0.1) is 15.2 Å². The van der Waals surface area contributed by atoms with E-state index in [1.807, 2.05) is 30.1 Å². The Morgan fingerprint density at radius 1 is 1.48 bits per heavy atom. The first-order valence-electron chi connectivity index (χ1n) is 7.56. The molecule has 1 aliphatic heterocycles. The Kier molecular flexibility index (Phi) is 4.51. The molecule has 1 aromatic heterocycles. The van der Waals surface area contributed by atoms with Gasteiger partial charge in [0, 0.05) is 32.0 Å². The topological polar surface area (TPSA) is 45.2 Å². The number of aromatic nitrogens is 1. The molecule has 0 saturated carbocycles. The largest absolute Gasteiger partial charge is 0.341 e. The molecular weight excluding hydrogens is 282 g/mol. The number of likely N-dealkylation sites (tertiary alicyclic amines) is 1. The van der Waals surface area contributed by atoms with Gasteiger partial charge in [-0.1, -0.05) is 12.1 Å². The van der Waals surface area contributed by atoms with Crippen molar-refractivity contribution in [1.82, 2.24) is 15.2 Å². The minimum Gasteiger partial charge on any atom is -0.341 e. The highest BCUT2D eigenvalue weighted by Crippen LogP contribution is 2.22. The molecule has 21 heavy (non-hydrogen) atoms. The van der Waals surface area contributed by atoms with Crippen LogP contribution in [0.15, 0.2) is 24.3 Å². The Labute approximate surface area is 129 Å². The maximum absolute atomic E-state index is 12.3. The van der Waals surface area contributed by atoms with Crippen LogP contribution in [0.4, 0.5) is 0 Å². The Balaban J connectivity index is 1.57. The van der Waals surface area contributed by atoms with Gasteiger partial charge < -0.3 is 10.2 Å². The van der Waals surface area contributed by atoms with E-state index in [0.717, 1.165) is 42.9 Å². The van der Waals surface area contributed by atoms with Crippen molar-refractivity contribution in [3.8, 4) is 0 Å². The van der Waals surface area contributed by atoms with Crippen molar-refractivity contribution in [3.63, 3.8) is 0 Å². The van der Waals surface area contributed by atoms with E-state index in [-0.39, 0.29) is 5.91 Å². The first kappa shape index (κ1) is 14.5. The molecule has 1 saturated heterocycles. The number of amides is 1. The summed E-state index contributed by atoms with van der Waals surface area (Å²) >= 11 is 1.70. The number of para-hydroxylation sites is 1. The maximum atomic E-state index is 12.3. The number of hydrogen-bond donors (Lipinski definition) is 1. The molecule has 1 atom stereocenters. The van der Waals surface area contributed by atoms with E-state index in [2.05, 4.69) is 16.4 Å². The van der Waals surface area contributed by atoms with Gasteiger partial charge in [0.2, 0.25) is 5.91 Å². The van der Waals surface area contributed by atoms with E-state index in [4.69, 9.17) is 0 Å². The quantitative estimate of drug-likeness (QED) is 0.943. The molecule has 1 aromatic carbocycles. The first-order valence-corrected chi connectivity index (χ1v) is 8.37. The van der Waals surface area contributed by atoms with Crippen LogP contribution in [0.25, 0.3) is 10.2 Å². The molecule has 0 spiro atoms. The molecule has 1 fully saturated rings. The van der Waals surface area contributed by atoms with Crippen molar-refractivity contribution >= 4 is 27.5 Å². The minimum absolute atomic E-state index is 0.259. The van der Waals surface area contributed by atoms with E-state index in [9.17, 15) is 4.79 Å². The van der Waals surface area contributed by atoms with Gasteiger partial charge in [-0.3, -0.25) is 4.79 Å². The number of aryl methyl sites for hydroxylation is 1. The number of hydrogen-bond acceptors (Lipinski definition) is 4. The Hall–Kier alpha value is -1.46. The second-order valence-corrected chi connectivity index (χ2v) is 6.66. The lowest BCUT2D eigenvalue weighted by molar-refractivity contribution is -0.132. The van der Waals surface area contributed by atoms with Crippen molar-refractivity contribution in [2.24, 2.45) is 0 Å². The number of fused-ring (bicyclic) bond motifs is 1. The van der Waals surface area contributed by atoms with Crippen LogP contribution in [0.1, 0.15) is 24.3 Å². The third-order valence-electron chi connectivity index (χ3n) is 4.07. The summed E-state index contributed by atoms with van der Waals surface area (Å²) < 4.78 is 1.20. The molecule has 1 amide bonds. The SMILES string of the molecule is CNC1CCCN(C(=O)CCc2nc3ccccc3s2)C1. The van der Waals surface area contributed by atoms with Gasteiger partial charge in [0.1, 0.15) is 0 Å². The van der Waals surface area contributed by atoms with Crippen molar-refractivity contribution in [3.05, 3.63) is 29.3 Å². The van der Waals surface area contributed by atoms with Crippen molar-refractivity contribution in [2.45, 2.75) is 31.7 Å². The summed E-state index contributed by atoms with van der Waals surface area (Å²) in [4.78, 5) is 18.9. The summed E-state index contributed by atoms with van der Waals surface area (Å²) in [5, 5.41) is 4.34. The summed E-state index contributed by atoms with van der Waals surface area (Å²) in [6.07, 6.45) is 3.58. The van der Waals surface area contributed by atoms with Crippen molar-refractivity contribution < 1.29 is 4.79 Å². The normalized spacial score (nSPS) is 19.1. The fraction of sp³-hybridized carbons (Fsp3) is 0.500. The van der Waals surface area contributed by atoms with Crippen molar-refractivity contribution in [2.75, 3.05) is 20.1 Å². The predicted molar refractivity (Wildman–Crippen MR) is 86.6 cm³/mol. The van der Waals surface area contributed by atoms with Crippen LogP contribution in [0.3, 0.4) is 0 Å². The second-order valence-electron chi connectivity index (χ2n) is 5.54. The minimum atomic E-state index is 0.259. The highest BCUT2D eigenvalue weighted by atomic mass is 32.1. The first-order chi connectivity index (χ1) is 10.3. The number of piperidine rings is 1. The summed E-state index contributed by atoms with van der Waals surface area (Å²) in [5.41, 5.74) is 1.04. The highest BCUT2D eigenvalue weighted by Gasteiger charge is 2.22. The third kappa shape index (κ3) is 3.41. The summed E-state index contributed by atoms with van der Waals surface area (Å²) in [5.74, 6) is 0.259. The molecular formula is C16H21N3OS. The molecule has 1 unspecified atom stereocenters. The van der Waals surface area contributed by atoms with Crippen LogP contribution in [0, 0.1) is 0 Å². The number of carbonyl (C=O) groups is 1. The van der Waals surface area contributed by atoms with Gasteiger partial charge in [0.25, 0.3) is 0 Å². The van der Waals surface area contributed by atoms with E-state index in [1.165, 1.54) is 4.70 Å². The zero-order chi connectivity index (χ0) is 14.7. The van der Waals surface area contributed by atoms with Crippen LogP contribution >= 0.6 is 11.3 Å². The van der Waals surface area contributed by atoms with Gasteiger partial charge in [-0.15, -0.1) is 11.3 Å². The second kappa shape index (κ2) is 6.54. The number of likely N-dealkylation sites (N-methyl/N-ethyl adjacent to an activating group) is 1. The lowest BCUT2D eigenvalue weighted by atomic mass is 10.1. The number of nitrogens with one attached hydrogen (secondary N) is 1. The smallest absolute Gasteiger partial charge is 0.223 e. The lowest BCUT2D eigenvalue weighted by Gasteiger charge is -2.32. The number of nitrogens with zero attached hydrogens (tertiary/aromatic N) is 2. The van der Waals surface area contributed by atoms with E-state index >= 15 is 0 Å². The van der Waals surface area contributed by atoms with Crippen LogP contribution in [0.5, 0.6) is 0 Å². The zero-order valence-electron chi connectivity index (χ0n) is 12.3. The Morgan fingerprint density at radius 2 is 2.33 bits per heavy atom. The molecule has 1 N–H and O–H groups in total. The van der Waals surface area contributed by atoms with E-state index in [0.29, 0.717) is 12.5 Å². The fourth-order valence-electron chi connectivity index (χ4n) is 2.84. The standard InChI is InChI=1S/C16H21N3OS/c1-17-12-5-4-10-19(11-12)16(20)9-8-15-18-13-6-2-3-7-14(13)21-15/h2-3,6-7,12,17H,4-5,8-11H2,1H3. The molecule has 4 nitrogen and oxygen atoms in total. The molecule has 0 radical (unpaired) electrons. The van der Waals surface area contributed by atoms with Gasteiger partial charge in [-0.05, 0) is 32.0 Å². The molecule has 2 aromatic rings. The Bertz CT molecular complexity index is 592. The molecule has 2 heterocycles. The average Bonchev–Trinajstić information content (AvgIpc) is 2.95. The molecule has 3 rings (SSSR count). The number of rotatable bonds is 4. The van der Waals surface area contributed by atoms with Gasteiger partial charge >= 0.3 is 0 Å². The number of carbonyl (C=O) groups excluding carboxylic acids is 1. The molecule has 1 aliphatic rings. The predicted octanol–water partition coefficient (Wildman–Crippen LogP) is 2.44. The lowest BCUT2D eigenvalue weighted by Crippen LogP contribution is -2.47. The average molecular weight is 303 g/mol. The van der Waals surface area contributed by atoms with Gasteiger partial charge in [-0.25, -0.2) is 4.98 Å². The van der Waals surface area contributed by atoms with Crippen LogP contribution in [-0.4, -0.2) is 42.0 Å². The Morgan fingerprint density at radius 3 is 3.14 bits per heavy atom. The zero-order valence-corrected chi connectivity index (χ0v) is 13.2. The summed E-state index contributed by atoms with van der Waals surface area (Å²) in [6.45, 7) is 1.74. The maximum Gasteiger partial charge on any atom is 0.223 e. The highest BCUT2D eigenvalue weighted by molar-refractivity contribution is 7.18. The van der Waals surface area contributed by atoms with Gasteiger partial charge in [-0.2, -0.15) is 0 Å². The summed E-state index contributed by atoms with van der Waals surface area (Å²) in [7, 11) is 1.97. The molecule has 0 aliphatic carbocycles.